The third-order valence-corrected chi connectivity index (χ3v) is 10.6. The maximum atomic E-state index is 9.45. The number of nitriles is 1. The second-order valence-electron chi connectivity index (χ2n) is 13.3. The van der Waals surface area contributed by atoms with E-state index in [0.29, 0.717) is 5.56 Å². The molecule has 0 radical (unpaired) electrons. The van der Waals surface area contributed by atoms with Gasteiger partial charge in [0, 0.05) is 55.4 Å². The molecule has 10 rings (SSSR count). The van der Waals surface area contributed by atoms with E-state index in [0.717, 1.165) is 103 Å². The van der Waals surface area contributed by atoms with Gasteiger partial charge < -0.3 is 18.0 Å². The van der Waals surface area contributed by atoms with Crippen molar-refractivity contribution in [2.75, 3.05) is 0 Å². The van der Waals surface area contributed by atoms with E-state index >= 15 is 0 Å². The molecule has 5 heteroatoms. The average Bonchev–Trinajstić information content (AvgIpc) is 3.92. The Bertz CT molecular complexity index is 2950. The van der Waals surface area contributed by atoms with Crippen molar-refractivity contribution in [2.24, 2.45) is 0 Å². The van der Waals surface area contributed by atoms with Gasteiger partial charge in [-0.1, -0.05) is 77.1 Å². The van der Waals surface area contributed by atoms with Gasteiger partial charge in [-0.3, -0.25) is 0 Å². The number of allylic oxidation sites excluding steroid dienone is 2. The summed E-state index contributed by atoms with van der Waals surface area (Å²) in [5.41, 5.74) is 13.7. The van der Waals surface area contributed by atoms with Crippen LogP contribution in [0.5, 0.6) is 0 Å². The first-order chi connectivity index (χ1) is 26.7. The predicted octanol–water partition coefficient (Wildman–Crippen LogP) is 14.2. The highest BCUT2D eigenvalue weighted by Gasteiger charge is 2.26. The van der Waals surface area contributed by atoms with Gasteiger partial charge in [0.05, 0.1) is 33.4 Å². The number of furan rings is 2. The van der Waals surface area contributed by atoms with E-state index in [1.807, 2.05) is 64.1 Å². The molecule has 268 valence electrons. The number of benzene rings is 5. The minimum Gasteiger partial charge on any atom is -0.456 e. The number of rotatable bonds is 4. The first kappa shape index (κ1) is 34.8. The maximum absolute atomic E-state index is 9.45. The van der Waals surface area contributed by atoms with Crippen molar-refractivity contribution < 1.29 is 8.83 Å². The van der Waals surface area contributed by atoms with Crippen LogP contribution in [0.2, 0.25) is 0 Å². The van der Waals surface area contributed by atoms with E-state index < -0.39 is 0 Å². The lowest BCUT2D eigenvalue weighted by atomic mass is 10.0. The standard InChI is InChI=1S/C45H33N3O2.2C2H6/c1-3-10-33-36(4-2)47(28-17-15-27(26-46)16-18-28)38-22-20-31-32-21-23-39-43(45(32)50-44(31)42(33)38)34-12-6-5-7-13-37(34)48(39)29-19-24-41-35(25-29)30-11-8-9-14-40(30)49-41;2*1-2/h3,6,8-12,14-25H,4-5,7,13H2,1-2H3;2*1-2H3/b10-3-;;. The van der Waals surface area contributed by atoms with Crippen LogP contribution >= 0.6 is 0 Å². The number of hydrogen-bond acceptors (Lipinski definition) is 3. The summed E-state index contributed by atoms with van der Waals surface area (Å²) >= 11 is 0. The maximum Gasteiger partial charge on any atom is 0.145 e. The van der Waals surface area contributed by atoms with Crippen molar-refractivity contribution in [3.05, 3.63) is 131 Å². The molecule has 0 atom stereocenters. The smallest absolute Gasteiger partial charge is 0.145 e. The molecular weight excluding hydrogens is 663 g/mol. The highest BCUT2D eigenvalue weighted by Crippen LogP contribution is 2.45. The van der Waals surface area contributed by atoms with Crippen LogP contribution in [-0.2, 0) is 12.8 Å². The molecule has 1 aliphatic rings. The van der Waals surface area contributed by atoms with Crippen LogP contribution in [0.1, 0.15) is 82.5 Å². The zero-order valence-corrected chi connectivity index (χ0v) is 32.0. The van der Waals surface area contributed by atoms with E-state index in [1.54, 1.807) is 0 Å². The summed E-state index contributed by atoms with van der Waals surface area (Å²) in [6.45, 7) is 12.3. The average molecular weight is 708 g/mol. The van der Waals surface area contributed by atoms with Gasteiger partial charge >= 0.3 is 0 Å². The minimum atomic E-state index is 0.652. The Morgan fingerprint density at radius 2 is 1.41 bits per heavy atom. The van der Waals surface area contributed by atoms with Gasteiger partial charge in [0.1, 0.15) is 22.3 Å². The number of para-hydroxylation sites is 1. The van der Waals surface area contributed by atoms with E-state index in [1.165, 1.54) is 22.5 Å². The number of hydrogen-bond donors (Lipinski definition) is 0. The Labute approximate surface area is 316 Å². The second kappa shape index (κ2) is 14.3. The van der Waals surface area contributed by atoms with E-state index in [-0.39, 0.29) is 0 Å². The minimum absolute atomic E-state index is 0.652. The van der Waals surface area contributed by atoms with Crippen molar-refractivity contribution in [3.8, 4) is 17.4 Å². The lowest BCUT2D eigenvalue weighted by molar-refractivity contribution is 0.669. The number of fused-ring (bicyclic) bond motifs is 12. The molecule has 5 aromatic carbocycles. The topological polar surface area (TPSA) is 59.9 Å². The van der Waals surface area contributed by atoms with Crippen molar-refractivity contribution in [3.63, 3.8) is 0 Å². The third kappa shape index (κ3) is 5.20. The normalized spacial score (nSPS) is 12.7. The summed E-state index contributed by atoms with van der Waals surface area (Å²) in [5.74, 6) is 0. The summed E-state index contributed by atoms with van der Waals surface area (Å²) in [6, 6.07) is 33.9. The predicted molar refractivity (Wildman–Crippen MR) is 228 cm³/mol. The summed E-state index contributed by atoms with van der Waals surface area (Å²) in [6.07, 6.45) is 12.9. The van der Waals surface area contributed by atoms with Crippen LogP contribution in [0.15, 0.2) is 112 Å². The van der Waals surface area contributed by atoms with Crippen LogP contribution in [0.4, 0.5) is 0 Å². The molecule has 9 aromatic rings. The fraction of sp³-hybridized carbons (Fsp3) is 0.204. The molecule has 0 spiro atoms. The van der Waals surface area contributed by atoms with Crippen LogP contribution in [0.25, 0.3) is 89.2 Å². The van der Waals surface area contributed by atoms with Crippen molar-refractivity contribution in [1.82, 2.24) is 9.13 Å². The molecule has 0 amide bonds. The Morgan fingerprint density at radius 1 is 0.722 bits per heavy atom. The van der Waals surface area contributed by atoms with Gasteiger partial charge in [0.2, 0.25) is 0 Å². The largest absolute Gasteiger partial charge is 0.456 e. The molecule has 54 heavy (non-hydrogen) atoms. The van der Waals surface area contributed by atoms with Crippen molar-refractivity contribution in [2.45, 2.75) is 67.2 Å². The SMILES string of the molecule is C/C=C\c1c(CC)n(-c2ccc(C#N)cc2)c2ccc3c4ccc5c(c6c(n5-c5ccc7oc8ccccc8c7c5)CCCC=C6)c4oc3c12.CC.CC. The van der Waals surface area contributed by atoms with Crippen molar-refractivity contribution >= 4 is 77.8 Å². The molecular formula is C49H45N3O2. The van der Waals surface area contributed by atoms with E-state index in [9.17, 15) is 5.26 Å². The summed E-state index contributed by atoms with van der Waals surface area (Å²) in [7, 11) is 0. The van der Waals surface area contributed by atoms with Gasteiger partial charge in [-0.15, -0.1) is 0 Å². The van der Waals surface area contributed by atoms with Crippen LogP contribution < -0.4 is 0 Å². The zero-order valence-electron chi connectivity index (χ0n) is 32.0. The molecule has 0 saturated heterocycles. The van der Waals surface area contributed by atoms with E-state index in [2.05, 4.69) is 108 Å². The third-order valence-electron chi connectivity index (χ3n) is 10.6. The van der Waals surface area contributed by atoms with Gasteiger partial charge in [-0.05, 0) is 105 Å². The van der Waals surface area contributed by atoms with Gasteiger partial charge in [-0.25, -0.2) is 0 Å². The highest BCUT2D eigenvalue weighted by atomic mass is 16.3. The Balaban J connectivity index is 0.00000100. The molecule has 0 saturated carbocycles. The molecule has 0 fully saturated rings. The quantitative estimate of drug-likeness (QED) is 0.183. The van der Waals surface area contributed by atoms with Crippen molar-refractivity contribution in [1.29, 1.82) is 5.26 Å². The summed E-state index contributed by atoms with van der Waals surface area (Å²) in [4.78, 5) is 0. The molecule has 4 aromatic heterocycles. The highest BCUT2D eigenvalue weighted by molar-refractivity contribution is 6.23. The second-order valence-corrected chi connectivity index (χ2v) is 13.3. The van der Waals surface area contributed by atoms with Crippen LogP contribution in [-0.4, -0.2) is 9.13 Å². The monoisotopic (exact) mass is 707 g/mol. The molecule has 4 heterocycles. The molecule has 1 aliphatic carbocycles. The van der Waals surface area contributed by atoms with Gasteiger partial charge in [-0.2, -0.15) is 5.26 Å². The lowest BCUT2D eigenvalue weighted by Gasteiger charge is -2.11. The summed E-state index contributed by atoms with van der Waals surface area (Å²) in [5, 5.41) is 16.2. The first-order valence-corrected chi connectivity index (χ1v) is 19.5. The summed E-state index contributed by atoms with van der Waals surface area (Å²) < 4.78 is 18.1. The number of aromatic nitrogens is 2. The van der Waals surface area contributed by atoms with E-state index in [4.69, 9.17) is 8.83 Å². The molecule has 0 unspecified atom stereocenters. The lowest BCUT2D eigenvalue weighted by Crippen LogP contribution is -2.00. The van der Waals surface area contributed by atoms with Crippen LogP contribution in [0.3, 0.4) is 0 Å². The fourth-order valence-electron chi connectivity index (χ4n) is 8.43. The molecule has 0 aliphatic heterocycles. The Kier molecular flexibility index (Phi) is 9.21. The first-order valence-electron chi connectivity index (χ1n) is 19.5. The number of nitrogens with zero attached hydrogens (tertiary/aromatic N) is 3. The van der Waals surface area contributed by atoms with Gasteiger partial charge in [0.25, 0.3) is 0 Å². The Hall–Kier alpha value is -6.25. The Morgan fingerprint density at radius 3 is 2.13 bits per heavy atom. The molecule has 0 N–H and O–H groups in total. The van der Waals surface area contributed by atoms with Gasteiger partial charge in [0.15, 0.2) is 0 Å². The molecule has 0 bridgehead atoms. The zero-order chi connectivity index (χ0) is 37.5. The fourth-order valence-corrected chi connectivity index (χ4v) is 8.43. The molecule has 5 nitrogen and oxygen atoms in total. The van der Waals surface area contributed by atoms with Crippen LogP contribution in [0, 0.1) is 11.3 Å².